The van der Waals surface area contributed by atoms with Crippen molar-refractivity contribution in [3.63, 3.8) is 0 Å². The van der Waals surface area contributed by atoms with Crippen LogP contribution >= 0.6 is 22.9 Å². The number of ether oxygens (including phenoxy) is 1. The minimum absolute atomic E-state index is 0.103. The van der Waals surface area contributed by atoms with Crippen molar-refractivity contribution in [3.05, 3.63) is 64.5 Å². The van der Waals surface area contributed by atoms with Gasteiger partial charge in [-0.05, 0) is 23.8 Å². The van der Waals surface area contributed by atoms with Gasteiger partial charge in [-0.3, -0.25) is 14.9 Å². The van der Waals surface area contributed by atoms with Crippen LogP contribution < -0.4 is 10.1 Å². The second-order valence-corrected chi connectivity index (χ2v) is 8.09. The van der Waals surface area contributed by atoms with E-state index in [-0.39, 0.29) is 18.2 Å². The molecule has 0 bridgehead atoms. The first-order chi connectivity index (χ1) is 15.0. The highest BCUT2D eigenvalue weighted by atomic mass is 35.5. The third-order valence-electron chi connectivity index (χ3n) is 4.71. The van der Waals surface area contributed by atoms with Crippen molar-refractivity contribution in [2.24, 2.45) is 5.10 Å². The van der Waals surface area contributed by atoms with Crippen LogP contribution in [0.15, 0.2) is 59.0 Å². The first kappa shape index (κ1) is 21.0. The molecule has 0 spiro atoms. The third-order valence-corrected chi connectivity index (χ3v) is 5.77. The standard InChI is InChI=1S/C22H19ClN4O3S/c1-30-19-9-7-15(11-16(19)23)18-13-31-22(24-18)25-21(29)17-8-10-20(28)27(26-17)12-14-5-3-2-4-6-14/h2-7,9,11,13H,8,10,12H2,1H3,(H,24,25,29). The van der Waals surface area contributed by atoms with Crippen LogP contribution in [0.1, 0.15) is 18.4 Å². The lowest BCUT2D eigenvalue weighted by Gasteiger charge is -2.23. The minimum Gasteiger partial charge on any atom is -0.495 e. The van der Waals surface area contributed by atoms with Gasteiger partial charge in [0, 0.05) is 23.8 Å². The van der Waals surface area contributed by atoms with Crippen LogP contribution in [0.3, 0.4) is 0 Å². The minimum atomic E-state index is -0.362. The number of carbonyl (C=O) groups is 2. The predicted molar refractivity (Wildman–Crippen MR) is 121 cm³/mol. The zero-order valence-electron chi connectivity index (χ0n) is 16.7. The zero-order chi connectivity index (χ0) is 21.8. The summed E-state index contributed by atoms with van der Waals surface area (Å²) >= 11 is 7.49. The average molecular weight is 455 g/mol. The Balaban J connectivity index is 1.46. The molecule has 2 aromatic carbocycles. The molecule has 1 N–H and O–H groups in total. The summed E-state index contributed by atoms with van der Waals surface area (Å²) in [4.78, 5) is 29.4. The number of hydrazone groups is 1. The van der Waals surface area contributed by atoms with Gasteiger partial charge in [-0.15, -0.1) is 11.3 Å². The van der Waals surface area contributed by atoms with Gasteiger partial charge in [0.25, 0.3) is 5.91 Å². The van der Waals surface area contributed by atoms with Crippen molar-refractivity contribution in [2.45, 2.75) is 19.4 Å². The van der Waals surface area contributed by atoms with Crippen LogP contribution in [-0.2, 0) is 16.1 Å². The van der Waals surface area contributed by atoms with E-state index < -0.39 is 0 Å². The normalized spacial score (nSPS) is 13.7. The molecule has 4 rings (SSSR count). The Bertz CT molecular complexity index is 1150. The number of benzene rings is 2. The Morgan fingerprint density at radius 3 is 2.77 bits per heavy atom. The van der Waals surface area contributed by atoms with E-state index in [1.54, 1.807) is 19.2 Å². The number of nitrogens with zero attached hydrogens (tertiary/aromatic N) is 3. The summed E-state index contributed by atoms with van der Waals surface area (Å²) in [6.45, 7) is 0.329. The Kier molecular flexibility index (Phi) is 6.29. The molecule has 1 aliphatic heterocycles. The molecule has 0 fully saturated rings. The molecule has 158 valence electrons. The lowest BCUT2D eigenvalue weighted by molar-refractivity contribution is -0.132. The number of anilines is 1. The number of hydrogen-bond acceptors (Lipinski definition) is 6. The monoisotopic (exact) mass is 454 g/mol. The molecule has 0 atom stereocenters. The van der Waals surface area contributed by atoms with Crippen LogP contribution in [0.2, 0.25) is 5.02 Å². The van der Waals surface area contributed by atoms with E-state index in [2.05, 4.69) is 15.4 Å². The molecule has 0 aliphatic carbocycles. The second-order valence-electron chi connectivity index (χ2n) is 6.83. The number of nitrogens with one attached hydrogen (secondary N) is 1. The highest BCUT2D eigenvalue weighted by molar-refractivity contribution is 7.14. The number of rotatable bonds is 6. The Hall–Kier alpha value is -3.23. The Labute approximate surface area is 188 Å². The first-order valence-electron chi connectivity index (χ1n) is 9.56. The van der Waals surface area contributed by atoms with Crippen LogP contribution in [0.25, 0.3) is 11.3 Å². The molecule has 1 aromatic heterocycles. The van der Waals surface area contributed by atoms with Gasteiger partial charge in [0.15, 0.2) is 5.13 Å². The fourth-order valence-corrected chi connectivity index (χ4v) is 4.08. The van der Waals surface area contributed by atoms with Crippen LogP contribution in [-0.4, -0.2) is 34.6 Å². The van der Waals surface area contributed by atoms with E-state index in [0.29, 0.717) is 40.3 Å². The fraction of sp³-hybridized carbons (Fsp3) is 0.182. The topological polar surface area (TPSA) is 83.9 Å². The third kappa shape index (κ3) is 4.92. The van der Waals surface area contributed by atoms with E-state index in [4.69, 9.17) is 16.3 Å². The Morgan fingerprint density at radius 1 is 1.23 bits per heavy atom. The molecule has 2 amide bonds. The van der Waals surface area contributed by atoms with Gasteiger partial charge >= 0.3 is 0 Å². The molecular weight excluding hydrogens is 436 g/mol. The predicted octanol–water partition coefficient (Wildman–Crippen LogP) is 4.59. The van der Waals surface area contributed by atoms with Crippen LogP contribution in [0, 0.1) is 0 Å². The average Bonchev–Trinajstić information content (AvgIpc) is 3.24. The molecule has 3 aromatic rings. The van der Waals surface area contributed by atoms with Crippen molar-refractivity contribution in [1.82, 2.24) is 9.99 Å². The molecule has 7 nitrogen and oxygen atoms in total. The number of thiazole rings is 1. The fourth-order valence-electron chi connectivity index (χ4n) is 3.10. The lowest BCUT2D eigenvalue weighted by atomic mass is 10.1. The van der Waals surface area contributed by atoms with E-state index >= 15 is 0 Å². The smallest absolute Gasteiger partial charge is 0.273 e. The quantitative estimate of drug-likeness (QED) is 0.590. The summed E-state index contributed by atoms with van der Waals surface area (Å²) in [6.07, 6.45) is 0.537. The lowest BCUT2D eigenvalue weighted by Crippen LogP contribution is -2.36. The number of hydrogen-bond donors (Lipinski definition) is 1. The highest BCUT2D eigenvalue weighted by Gasteiger charge is 2.25. The van der Waals surface area contributed by atoms with Crippen molar-refractivity contribution in [1.29, 1.82) is 0 Å². The molecule has 2 heterocycles. The number of methoxy groups -OCH3 is 1. The van der Waals surface area contributed by atoms with Gasteiger partial charge in [-0.2, -0.15) is 5.10 Å². The molecular formula is C22H19ClN4O3S. The van der Waals surface area contributed by atoms with Gasteiger partial charge in [0.1, 0.15) is 11.5 Å². The summed E-state index contributed by atoms with van der Waals surface area (Å²) in [6, 6.07) is 14.9. The van der Waals surface area contributed by atoms with Gasteiger partial charge in [0.2, 0.25) is 5.91 Å². The first-order valence-corrected chi connectivity index (χ1v) is 10.8. The molecule has 1 aliphatic rings. The molecule has 0 radical (unpaired) electrons. The number of aromatic nitrogens is 1. The highest BCUT2D eigenvalue weighted by Crippen LogP contribution is 2.31. The van der Waals surface area contributed by atoms with Gasteiger partial charge < -0.3 is 4.74 Å². The Morgan fingerprint density at radius 2 is 2.03 bits per heavy atom. The molecule has 0 saturated heterocycles. The van der Waals surface area contributed by atoms with E-state index in [1.165, 1.54) is 16.3 Å². The van der Waals surface area contributed by atoms with Crippen molar-refractivity contribution in [3.8, 4) is 17.0 Å². The van der Waals surface area contributed by atoms with Crippen molar-refractivity contribution >= 4 is 45.6 Å². The largest absolute Gasteiger partial charge is 0.495 e. The summed E-state index contributed by atoms with van der Waals surface area (Å²) in [5, 5.41) is 11.2. The van der Waals surface area contributed by atoms with E-state index in [9.17, 15) is 9.59 Å². The number of amides is 2. The summed E-state index contributed by atoms with van der Waals surface area (Å²) in [7, 11) is 1.56. The van der Waals surface area contributed by atoms with Crippen LogP contribution in [0.4, 0.5) is 5.13 Å². The van der Waals surface area contributed by atoms with Gasteiger partial charge in [-0.25, -0.2) is 9.99 Å². The van der Waals surface area contributed by atoms with Gasteiger partial charge in [0.05, 0.1) is 24.4 Å². The molecule has 9 heteroatoms. The van der Waals surface area contributed by atoms with Gasteiger partial charge in [-0.1, -0.05) is 41.9 Å². The molecule has 31 heavy (non-hydrogen) atoms. The maximum Gasteiger partial charge on any atom is 0.273 e. The summed E-state index contributed by atoms with van der Waals surface area (Å²) < 4.78 is 5.17. The summed E-state index contributed by atoms with van der Waals surface area (Å²) in [5.74, 6) is 0.117. The number of halogens is 1. The van der Waals surface area contributed by atoms with E-state index in [0.717, 1.165) is 11.1 Å². The molecule has 0 saturated carbocycles. The summed E-state index contributed by atoms with van der Waals surface area (Å²) in [5.41, 5.74) is 2.76. The van der Waals surface area contributed by atoms with Crippen molar-refractivity contribution < 1.29 is 14.3 Å². The molecule has 0 unspecified atom stereocenters. The number of carbonyl (C=O) groups excluding carboxylic acids is 2. The van der Waals surface area contributed by atoms with Crippen molar-refractivity contribution in [2.75, 3.05) is 12.4 Å². The van der Waals surface area contributed by atoms with E-state index in [1.807, 2.05) is 41.8 Å². The zero-order valence-corrected chi connectivity index (χ0v) is 18.2. The van der Waals surface area contributed by atoms with Crippen LogP contribution in [0.5, 0.6) is 5.75 Å². The maximum atomic E-state index is 12.7. The SMILES string of the molecule is COc1ccc(-c2csc(NC(=O)C3=NN(Cc4ccccc4)C(=O)CC3)n2)cc1Cl. The second kappa shape index (κ2) is 9.28. The maximum absolute atomic E-state index is 12.7.